The van der Waals surface area contributed by atoms with Crippen molar-refractivity contribution >= 4 is 57.4 Å². The Labute approximate surface area is 348 Å². The lowest BCUT2D eigenvalue weighted by molar-refractivity contribution is -0.134. The van der Waals surface area contributed by atoms with Gasteiger partial charge in [0.05, 0.1) is 55.4 Å². The number of fused-ring (bicyclic) bond motifs is 4. The first-order valence-electron chi connectivity index (χ1n) is 21.1. The Balaban J connectivity index is 0.689. The summed E-state index contributed by atoms with van der Waals surface area (Å²) in [6.45, 7) is 5.76. The maximum atomic E-state index is 14.3. The van der Waals surface area contributed by atoms with Crippen molar-refractivity contribution in [3.05, 3.63) is 65.9 Å². The number of aromatic nitrogens is 5. The second-order valence-corrected chi connectivity index (χ2v) is 17.0. The van der Waals surface area contributed by atoms with E-state index in [1.165, 1.54) is 16.9 Å². The molecule has 8 heterocycles. The molecule has 0 radical (unpaired) electrons. The summed E-state index contributed by atoms with van der Waals surface area (Å²) in [5.41, 5.74) is 1.96. The highest BCUT2D eigenvalue weighted by Crippen LogP contribution is 2.37. The molecular formula is C42H47F2N11O6. The van der Waals surface area contributed by atoms with Crippen LogP contribution in [0, 0.1) is 5.92 Å². The standard InChI is InChI=1S/C42H47F2N11O6/c43-39(44)38-33(47-42(59)31-17-45-54-10-9-35(48-40(31)54)53-19-28-16-27(53)22-60-28)20-55(50-38)26-4-1-24(2-5-26)18-51-11-13-52(14-12-51)21-37(57)46-25-3-6-29-32(23-61-34(29)15-25)30-7-8-36(56)49-41(30)58/h3,6,9-10,15,17,20,23-24,26-28,30,39H,1-2,4-5,7-8,11-14,16,18-19,21-22H2,(H,46,57)(H,47,59)(H,49,56,58)/t24?,26?,27-,28-,30?/m0/s1. The van der Waals surface area contributed by atoms with Gasteiger partial charge in [-0.05, 0) is 62.6 Å². The third-order valence-corrected chi connectivity index (χ3v) is 13.1. The molecular weight excluding hydrogens is 793 g/mol. The SMILES string of the molecule is O=C1CCC(c2coc3cc(NC(=O)CN4CCN(CC5CCC(n6cc(NC(=O)c7cnn8ccc(N9C[C@@H]%10C[C@H]9CO%10)nc78)c(C(F)F)n6)CC5)CC4)ccc23)C(=O)N1. The summed E-state index contributed by atoms with van der Waals surface area (Å²) in [6, 6.07) is 7.42. The van der Waals surface area contributed by atoms with Crippen LogP contribution in [0.2, 0.25) is 0 Å². The molecule has 4 aliphatic heterocycles. The van der Waals surface area contributed by atoms with Crippen LogP contribution in [0.1, 0.15) is 84.9 Å². The van der Waals surface area contributed by atoms with Crippen molar-refractivity contribution in [2.75, 3.05) is 68.0 Å². The quantitative estimate of drug-likeness (QED) is 0.160. The van der Waals surface area contributed by atoms with Gasteiger partial charge in [0.2, 0.25) is 17.7 Å². The molecule has 4 saturated heterocycles. The summed E-state index contributed by atoms with van der Waals surface area (Å²) >= 11 is 0. The van der Waals surface area contributed by atoms with E-state index in [2.05, 4.69) is 40.8 Å². The molecule has 17 nitrogen and oxygen atoms in total. The van der Waals surface area contributed by atoms with Crippen LogP contribution in [0.4, 0.5) is 26.0 Å². The van der Waals surface area contributed by atoms with Crippen LogP contribution in [0.25, 0.3) is 16.6 Å². The number of furan rings is 1. The number of morpholine rings is 1. The van der Waals surface area contributed by atoms with Crippen molar-refractivity contribution in [3.63, 3.8) is 0 Å². The molecule has 2 bridgehead atoms. The molecule has 3 N–H and O–H groups in total. The van der Waals surface area contributed by atoms with Crippen LogP contribution < -0.4 is 20.9 Å². The molecule has 10 rings (SSSR count). The Kier molecular flexibility index (Phi) is 10.5. The minimum Gasteiger partial charge on any atom is -0.464 e. The lowest BCUT2D eigenvalue weighted by atomic mass is 9.85. The van der Waals surface area contributed by atoms with Crippen molar-refractivity contribution in [3.8, 4) is 0 Å². The number of rotatable bonds is 11. The van der Waals surface area contributed by atoms with E-state index in [0.29, 0.717) is 35.9 Å². The number of nitrogens with zero attached hydrogens (tertiary/aromatic N) is 8. The van der Waals surface area contributed by atoms with Gasteiger partial charge in [0.15, 0.2) is 11.3 Å². The number of nitrogens with one attached hydrogen (secondary N) is 3. The van der Waals surface area contributed by atoms with Crippen LogP contribution in [0.15, 0.2) is 53.5 Å². The molecule has 0 spiro atoms. The fourth-order valence-electron chi connectivity index (χ4n) is 9.78. The zero-order valence-electron chi connectivity index (χ0n) is 33.5. The highest BCUT2D eigenvalue weighted by atomic mass is 19.3. The van der Waals surface area contributed by atoms with Gasteiger partial charge in [-0.2, -0.15) is 10.2 Å². The molecule has 4 amide bonds. The van der Waals surface area contributed by atoms with Gasteiger partial charge in [-0.15, -0.1) is 0 Å². The average molecular weight is 840 g/mol. The van der Waals surface area contributed by atoms with E-state index in [0.717, 1.165) is 88.1 Å². The van der Waals surface area contributed by atoms with Crippen molar-refractivity contribution in [2.24, 2.45) is 5.92 Å². The van der Waals surface area contributed by atoms with Gasteiger partial charge in [-0.3, -0.25) is 34.1 Å². The number of benzene rings is 1. The number of imide groups is 1. The number of ether oxygens (including phenoxy) is 1. The fourth-order valence-corrected chi connectivity index (χ4v) is 9.78. The van der Waals surface area contributed by atoms with Gasteiger partial charge in [0.25, 0.3) is 12.3 Å². The second-order valence-electron chi connectivity index (χ2n) is 17.0. The molecule has 4 aromatic heterocycles. The molecule has 1 aliphatic carbocycles. The van der Waals surface area contributed by atoms with Crippen molar-refractivity contribution in [2.45, 2.75) is 75.5 Å². The van der Waals surface area contributed by atoms with Gasteiger partial charge in [-0.1, -0.05) is 0 Å². The first kappa shape index (κ1) is 39.4. The number of piperazine rings is 1. The van der Waals surface area contributed by atoms with E-state index in [9.17, 15) is 28.0 Å². The number of piperidine rings is 1. The summed E-state index contributed by atoms with van der Waals surface area (Å²) in [6.07, 6.45) is 8.62. The van der Waals surface area contributed by atoms with Crippen molar-refractivity contribution in [1.82, 2.24) is 39.5 Å². The third-order valence-electron chi connectivity index (χ3n) is 13.1. The number of halogens is 2. The Hall–Kier alpha value is -5.79. The summed E-state index contributed by atoms with van der Waals surface area (Å²) in [5, 5.41) is 17.4. The minimum absolute atomic E-state index is 0.0163. The molecule has 1 aromatic carbocycles. The number of hydrogen-bond acceptors (Lipinski definition) is 12. The number of hydrogen-bond donors (Lipinski definition) is 3. The first-order chi connectivity index (χ1) is 29.6. The smallest absolute Gasteiger partial charge is 0.284 e. The first-order valence-corrected chi connectivity index (χ1v) is 21.1. The van der Waals surface area contributed by atoms with Gasteiger partial charge in [-0.25, -0.2) is 18.3 Å². The summed E-state index contributed by atoms with van der Waals surface area (Å²) in [5.74, 6) is -0.562. The Morgan fingerprint density at radius 2 is 1.80 bits per heavy atom. The van der Waals surface area contributed by atoms with Crippen LogP contribution in [-0.2, 0) is 19.1 Å². The van der Waals surface area contributed by atoms with Crippen LogP contribution in [-0.4, -0.2) is 122 Å². The molecule has 320 valence electrons. The van der Waals surface area contributed by atoms with Crippen molar-refractivity contribution < 1.29 is 37.1 Å². The molecule has 1 saturated carbocycles. The minimum atomic E-state index is -2.87. The maximum absolute atomic E-state index is 14.3. The van der Waals surface area contributed by atoms with Crippen LogP contribution in [0.5, 0.6) is 0 Å². The molecule has 3 atom stereocenters. The molecule has 5 aliphatic rings. The van der Waals surface area contributed by atoms with Crippen LogP contribution >= 0.6 is 0 Å². The third kappa shape index (κ3) is 7.96. The molecule has 61 heavy (non-hydrogen) atoms. The molecule has 1 unspecified atom stereocenters. The Morgan fingerprint density at radius 3 is 2.56 bits per heavy atom. The number of amides is 4. The monoisotopic (exact) mass is 839 g/mol. The number of carbonyl (C=O) groups excluding carboxylic acids is 4. The lowest BCUT2D eigenvalue weighted by Crippen LogP contribution is -2.49. The van der Waals surface area contributed by atoms with E-state index in [-0.39, 0.29) is 60.1 Å². The predicted octanol–water partition coefficient (Wildman–Crippen LogP) is 4.35. The van der Waals surface area contributed by atoms with Gasteiger partial charge in [0, 0.05) is 80.8 Å². The second kappa shape index (κ2) is 16.2. The van der Waals surface area contributed by atoms with Gasteiger partial charge >= 0.3 is 0 Å². The van der Waals surface area contributed by atoms with Crippen LogP contribution in [0.3, 0.4) is 0 Å². The van der Waals surface area contributed by atoms with Crippen molar-refractivity contribution in [1.29, 1.82) is 0 Å². The summed E-state index contributed by atoms with van der Waals surface area (Å²) < 4.78 is 43.1. The maximum Gasteiger partial charge on any atom is 0.284 e. The van der Waals surface area contributed by atoms with E-state index < -0.39 is 23.9 Å². The van der Waals surface area contributed by atoms with E-state index in [4.69, 9.17) is 14.1 Å². The largest absolute Gasteiger partial charge is 0.464 e. The highest BCUT2D eigenvalue weighted by Gasteiger charge is 2.40. The van der Waals surface area contributed by atoms with E-state index in [1.807, 2.05) is 12.1 Å². The number of carbonyl (C=O) groups is 4. The predicted molar refractivity (Wildman–Crippen MR) is 217 cm³/mol. The molecule has 5 aromatic rings. The zero-order valence-corrected chi connectivity index (χ0v) is 33.5. The topological polar surface area (TPSA) is 184 Å². The van der Waals surface area contributed by atoms with Gasteiger partial charge in [0.1, 0.15) is 17.0 Å². The number of alkyl halides is 2. The molecule has 19 heteroatoms. The number of anilines is 3. The zero-order chi connectivity index (χ0) is 41.8. The Morgan fingerprint density at radius 1 is 0.984 bits per heavy atom. The summed E-state index contributed by atoms with van der Waals surface area (Å²) in [7, 11) is 0. The van der Waals surface area contributed by atoms with Gasteiger partial charge < -0.3 is 29.6 Å². The molecule has 5 fully saturated rings. The summed E-state index contributed by atoms with van der Waals surface area (Å²) in [4.78, 5) is 62.0. The Bertz CT molecular complexity index is 2490. The van der Waals surface area contributed by atoms with E-state index in [1.54, 1.807) is 29.3 Å². The average Bonchev–Trinajstić information content (AvgIpc) is 4.11. The van der Waals surface area contributed by atoms with E-state index >= 15 is 0 Å². The fraction of sp³-hybridized carbons (Fsp3) is 0.500. The normalized spacial score (nSPS) is 24.9. The lowest BCUT2D eigenvalue weighted by Gasteiger charge is -2.38. The highest BCUT2D eigenvalue weighted by molar-refractivity contribution is 6.08.